The van der Waals surface area contributed by atoms with Crippen molar-refractivity contribution in [3.63, 3.8) is 0 Å². The van der Waals surface area contributed by atoms with E-state index >= 15 is 0 Å². The van der Waals surface area contributed by atoms with Gasteiger partial charge in [0.1, 0.15) is 0 Å². The minimum atomic E-state index is 0.924. The molecule has 0 saturated heterocycles. The molecule has 27 heavy (non-hydrogen) atoms. The van der Waals surface area contributed by atoms with Gasteiger partial charge in [0.2, 0.25) is 0 Å². The van der Waals surface area contributed by atoms with Crippen LogP contribution in [0.2, 0.25) is 0 Å². The molecule has 1 rings (SSSR count). The molecule has 0 spiro atoms. The van der Waals surface area contributed by atoms with E-state index in [1.165, 1.54) is 5.56 Å². The maximum absolute atomic E-state index is 4.20. The molecule has 2 N–H and O–H groups in total. The number of aryl methyl sites for hydroxylation is 1. The van der Waals surface area contributed by atoms with Gasteiger partial charge in [-0.2, -0.15) is 0 Å². The average molecular weight is 366 g/mol. The zero-order chi connectivity index (χ0) is 20.2. The van der Waals surface area contributed by atoms with Gasteiger partial charge in [-0.05, 0) is 43.5 Å². The number of hydrazine groups is 1. The molecule has 0 bridgehead atoms. The minimum Gasteiger partial charge on any atom is -0.355 e. The van der Waals surface area contributed by atoms with E-state index in [9.17, 15) is 0 Å². The Morgan fingerprint density at radius 2 is 1.89 bits per heavy atom. The molecular weight excluding hydrogens is 330 g/mol. The second-order valence-electron chi connectivity index (χ2n) is 6.30. The summed E-state index contributed by atoms with van der Waals surface area (Å²) in [6.07, 6.45) is 11.1. The van der Waals surface area contributed by atoms with Crippen molar-refractivity contribution in [2.24, 2.45) is 0 Å². The molecule has 0 saturated carbocycles. The SMILES string of the molecule is C=C/C=C(\C=C/C)C(=C\CC)/Nc1ccc(C(=C)NN(CC)CC)c(C)c1. The lowest BCUT2D eigenvalue weighted by molar-refractivity contribution is 0.255. The van der Waals surface area contributed by atoms with Crippen LogP contribution in [0, 0.1) is 6.92 Å². The van der Waals surface area contributed by atoms with Crippen LogP contribution in [0.4, 0.5) is 5.69 Å². The Hall–Kier alpha value is -2.52. The van der Waals surface area contributed by atoms with Crippen LogP contribution in [0.5, 0.6) is 0 Å². The lowest BCUT2D eigenvalue weighted by Crippen LogP contribution is -2.36. The molecule has 146 valence electrons. The Morgan fingerprint density at radius 1 is 1.19 bits per heavy atom. The second kappa shape index (κ2) is 12.0. The number of benzene rings is 1. The van der Waals surface area contributed by atoms with E-state index in [2.05, 4.69) is 87.0 Å². The van der Waals surface area contributed by atoms with Gasteiger partial charge in [0.15, 0.2) is 0 Å². The normalized spacial score (nSPS) is 12.5. The predicted molar refractivity (Wildman–Crippen MR) is 121 cm³/mol. The largest absolute Gasteiger partial charge is 0.355 e. The van der Waals surface area contributed by atoms with Gasteiger partial charge in [-0.25, -0.2) is 5.01 Å². The third-order valence-electron chi connectivity index (χ3n) is 4.25. The van der Waals surface area contributed by atoms with Crippen molar-refractivity contribution in [2.45, 2.75) is 41.0 Å². The molecule has 0 aliphatic carbocycles. The maximum Gasteiger partial charge on any atom is 0.0493 e. The van der Waals surface area contributed by atoms with Crippen molar-refractivity contribution in [1.29, 1.82) is 0 Å². The summed E-state index contributed by atoms with van der Waals surface area (Å²) in [6.45, 7) is 20.4. The van der Waals surface area contributed by atoms with Crippen molar-refractivity contribution in [2.75, 3.05) is 18.4 Å². The average Bonchev–Trinajstić information content (AvgIpc) is 2.65. The van der Waals surface area contributed by atoms with Crippen LogP contribution in [-0.2, 0) is 0 Å². The fourth-order valence-corrected chi connectivity index (χ4v) is 2.86. The molecule has 0 radical (unpaired) electrons. The molecule has 0 heterocycles. The first-order chi connectivity index (χ1) is 13.0. The summed E-state index contributed by atoms with van der Waals surface area (Å²) in [5.74, 6) is 0. The summed E-state index contributed by atoms with van der Waals surface area (Å²) in [5.41, 5.74) is 9.88. The smallest absolute Gasteiger partial charge is 0.0493 e. The number of anilines is 1. The zero-order valence-corrected chi connectivity index (χ0v) is 17.6. The highest BCUT2D eigenvalue weighted by molar-refractivity contribution is 5.68. The minimum absolute atomic E-state index is 0.924. The van der Waals surface area contributed by atoms with Gasteiger partial charge in [0.05, 0.1) is 0 Å². The Bertz CT molecular complexity index is 719. The van der Waals surface area contributed by atoms with Gasteiger partial charge >= 0.3 is 0 Å². The van der Waals surface area contributed by atoms with Gasteiger partial charge in [-0.3, -0.25) is 0 Å². The molecule has 0 aliphatic rings. The lowest BCUT2D eigenvalue weighted by atomic mass is 10.0. The number of allylic oxidation sites excluding steroid dienone is 5. The van der Waals surface area contributed by atoms with E-state index in [4.69, 9.17) is 0 Å². The summed E-state index contributed by atoms with van der Waals surface area (Å²) < 4.78 is 0. The van der Waals surface area contributed by atoms with Gasteiger partial charge < -0.3 is 10.7 Å². The molecule has 3 nitrogen and oxygen atoms in total. The monoisotopic (exact) mass is 365 g/mol. The molecule has 0 atom stereocenters. The molecule has 0 fully saturated rings. The van der Waals surface area contributed by atoms with Crippen LogP contribution in [0.3, 0.4) is 0 Å². The van der Waals surface area contributed by atoms with E-state index in [-0.39, 0.29) is 0 Å². The highest BCUT2D eigenvalue weighted by Gasteiger charge is 2.08. The van der Waals surface area contributed by atoms with Crippen LogP contribution in [0.15, 0.2) is 73.0 Å². The van der Waals surface area contributed by atoms with Crippen molar-refractivity contribution < 1.29 is 0 Å². The molecule has 3 heteroatoms. The van der Waals surface area contributed by atoms with Crippen LogP contribution in [0.25, 0.3) is 5.70 Å². The predicted octanol–water partition coefficient (Wildman–Crippen LogP) is 6.21. The third kappa shape index (κ3) is 6.95. The Morgan fingerprint density at radius 3 is 2.41 bits per heavy atom. The molecule has 0 amide bonds. The standard InChI is InChI=1S/C24H35N3/c1-8-13-21(14-9-2)24(15-10-3)25-22-16-17-23(19(6)18-22)20(7)26-27(11-4)12-5/h8-9,13-18,25-26H,1,7,10-12H2,2-6H3/b14-9-,21-13+,24-15+. The fraction of sp³-hybridized carbons (Fsp3) is 0.333. The van der Waals surface area contributed by atoms with Crippen molar-refractivity contribution in [3.05, 3.63) is 84.1 Å². The number of hydrogen-bond donors (Lipinski definition) is 2. The van der Waals surface area contributed by atoms with Gasteiger partial charge in [0, 0.05) is 35.7 Å². The third-order valence-corrected chi connectivity index (χ3v) is 4.25. The van der Waals surface area contributed by atoms with E-state index in [1.54, 1.807) is 0 Å². The van der Waals surface area contributed by atoms with Gasteiger partial charge in [-0.1, -0.05) is 70.4 Å². The number of nitrogens with zero attached hydrogens (tertiary/aromatic N) is 1. The van der Waals surface area contributed by atoms with Crippen LogP contribution >= 0.6 is 0 Å². The van der Waals surface area contributed by atoms with E-state index in [0.717, 1.165) is 47.7 Å². The molecule has 1 aromatic carbocycles. The molecule has 1 aromatic rings. The maximum atomic E-state index is 4.20. The summed E-state index contributed by atoms with van der Waals surface area (Å²) in [5, 5.41) is 5.69. The van der Waals surface area contributed by atoms with Crippen molar-refractivity contribution >= 4 is 11.4 Å². The fourth-order valence-electron chi connectivity index (χ4n) is 2.86. The van der Waals surface area contributed by atoms with Crippen LogP contribution in [0.1, 0.15) is 45.2 Å². The molecule has 0 unspecified atom stereocenters. The summed E-state index contributed by atoms with van der Waals surface area (Å²) >= 11 is 0. The van der Waals surface area contributed by atoms with Gasteiger partial charge in [-0.15, -0.1) is 0 Å². The first-order valence-electron chi connectivity index (χ1n) is 9.75. The number of rotatable bonds is 11. The quantitative estimate of drug-likeness (QED) is 0.361. The number of nitrogens with one attached hydrogen (secondary N) is 2. The van der Waals surface area contributed by atoms with Crippen molar-refractivity contribution in [3.8, 4) is 0 Å². The van der Waals surface area contributed by atoms with Crippen LogP contribution < -0.4 is 10.7 Å². The Balaban J connectivity index is 3.06. The summed E-state index contributed by atoms with van der Waals surface area (Å²) in [6, 6.07) is 6.38. The van der Waals surface area contributed by atoms with Gasteiger partial charge in [0.25, 0.3) is 0 Å². The Kier molecular flexibility index (Phi) is 9.99. The van der Waals surface area contributed by atoms with E-state index in [1.807, 2.05) is 25.2 Å². The van der Waals surface area contributed by atoms with Crippen LogP contribution in [-0.4, -0.2) is 18.1 Å². The topological polar surface area (TPSA) is 27.3 Å². The first kappa shape index (κ1) is 22.5. The second-order valence-corrected chi connectivity index (χ2v) is 6.30. The Labute approximate surface area is 165 Å². The summed E-state index contributed by atoms with van der Waals surface area (Å²) in [7, 11) is 0. The molecule has 0 aliphatic heterocycles. The zero-order valence-electron chi connectivity index (χ0n) is 17.6. The van der Waals surface area contributed by atoms with Crippen molar-refractivity contribution in [1.82, 2.24) is 10.4 Å². The highest BCUT2D eigenvalue weighted by atomic mass is 15.5. The lowest BCUT2D eigenvalue weighted by Gasteiger charge is -2.23. The number of hydrogen-bond acceptors (Lipinski definition) is 3. The highest BCUT2D eigenvalue weighted by Crippen LogP contribution is 2.23. The van der Waals surface area contributed by atoms with E-state index in [0.29, 0.717) is 0 Å². The molecule has 0 aromatic heterocycles. The summed E-state index contributed by atoms with van der Waals surface area (Å²) in [4.78, 5) is 0. The van der Waals surface area contributed by atoms with E-state index < -0.39 is 0 Å². The first-order valence-corrected chi connectivity index (χ1v) is 9.75. The molecular formula is C24H35N3.